The molecule has 1 aromatic heterocycles. The number of hydrogen-bond donors (Lipinski definition) is 1. The minimum atomic E-state index is -0.251. The Morgan fingerprint density at radius 2 is 2.05 bits per heavy atom. The molecule has 1 aliphatic rings. The van der Waals surface area contributed by atoms with Gasteiger partial charge in [-0.3, -0.25) is 9.59 Å². The maximum Gasteiger partial charge on any atom is 0.251 e. The lowest BCUT2D eigenvalue weighted by Crippen LogP contribution is -2.27. The molecule has 1 aliphatic heterocycles. The molecule has 0 unspecified atom stereocenters. The van der Waals surface area contributed by atoms with Gasteiger partial charge in [0.25, 0.3) is 11.5 Å². The van der Waals surface area contributed by atoms with Crippen LogP contribution in [0.4, 0.5) is 0 Å². The van der Waals surface area contributed by atoms with E-state index in [0.29, 0.717) is 18.5 Å². The number of carbonyl (C=O) groups is 1. The maximum atomic E-state index is 12.0. The van der Waals surface area contributed by atoms with Gasteiger partial charge in [0.05, 0.1) is 0 Å². The molecule has 22 heavy (non-hydrogen) atoms. The number of nitrogens with one attached hydrogen (secondary N) is 1. The van der Waals surface area contributed by atoms with E-state index in [4.69, 9.17) is 9.47 Å². The number of benzene rings is 1. The van der Waals surface area contributed by atoms with Crippen molar-refractivity contribution in [2.75, 3.05) is 13.3 Å². The Labute approximate surface area is 127 Å². The monoisotopic (exact) mass is 300 g/mol. The molecular formula is C16H16N2O4. The topological polar surface area (TPSA) is 69.6 Å². The first kappa shape index (κ1) is 14.2. The second-order valence-electron chi connectivity index (χ2n) is 5.06. The van der Waals surface area contributed by atoms with Crippen molar-refractivity contribution in [3.63, 3.8) is 0 Å². The Balaban J connectivity index is 1.57. The largest absolute Gasteiger partial charge is 0.454 e. The predicted octanol–water partition coefficient (Wildman–Crippen LogP) is 1.09. The standard InChI is InChI=1S/C16H16N2O4/c1-18-7-5-12(9-15(18)19)16(20)17-6-4-11-2-3-13-14(8-11)22-10-21-13/h2-3,5,7-9H,4,6,10H2,1H3,(H,17,20). The Bertz CT molecular complexity index is 767. The Morgan fingerprint density at radius 3 is 2.86 bits per heavy atom. The number of amides is 1. The van der Waals surface area contributed by atoms with Gasteiger partial charge in [-0.1, -0.05) is 6.07 Å². The average Bonchev–Trinajstić information content (AvgIpc) is 2.97. The van der Waals surface area contributed by atoms with Crippen molar-refractivity contribution >= 4 is 5.91 Å². The van der Waals surface area contributed by atoms with Crippen molar-refractivity contribution in [1.29, 1.82) is 0 Å². The number of carbonyl (C=O) groups excluding carboxylic acids is 1. The molecule has 0 radical (unpaired) electrons. The van der Waals surface area contributed by atoms with E-state index in [1.807, 2.05) is 18.2 Å². The third kappa shape index (κ3) is 2.95. The summed E-state index contributed by atoms with van der Waals surface area (Å²) in [5.41, 5.74) is 1.21. The highest BCUT2D eigenvalue weighted by molar-refractivity contribution is 5.93. The zero-order valence-electron chi connectivity index (χ0n) is 12.2. The lowest BCUT2D eigenvalue weighted by atomic mass is 10.1. The van der Waals surface area contributed by atoms with Crippen LogP contribution in [-0.4, -0.2) is 23.8 Å². The fourth-order valence-corrected chi connectivity index (χ4v) is 2.21. The predicted molar refractivity (Wildman–Crippen MR) is 80.3 cm³/mol. The number of fused-ring (bicyclic) bond motifs is 1. The molecule has 2 heterocycles. The Morgan fingerprint density at radius 1 is 1.23 bits per heavy atom. The highest BCUT2D eigenvalue weighted by Gasteiger charge is 2.13. The molecule has 1 aromatic carbocycles. The molecule has 0 saturated heterocycles. The van der Waals surface area contributed by atoms with Gasteiger partial charge in [0.2, 0.25) is 6.79 Å². The van der Waals surface area contributed by atoms with Crippen LogP contribution in [0.3, 0.4) is 0 Å². The third-order valence-electron chi connectivity index (χ3n) is 3.50. The molecule has 0 aliphatic carbocycles. The van der Waals surface area contributed by atoms with Crippen LogP contribution in [0.1, 0.15) is 15.9 Å². The molecule has 0 saturated carbocycles. The number of nitrogens with zero attached hydrogens (tertiary/aromatic N) is 1. The van der Waals surface area contributed by atoms with Gasteiger partial charge in [-0.05, 0) is 30.2 Å². The van der Waals surface area contributed by atoms with Gasteiger partial charge in [-0.2, -0.15) is 0 Å². The first-order valence-corrected chi connectivity index (χ1v) is 6.97. The number of rotatable bonds is 4. The van der Waals surface area contributed by atoms with E-state index in [0.717, 1.165) is 17.1 Å². The van der Waals surface area contributed by atoms with Gasteiger partial charge in [-0.15, -0.1) is 0 Å². The Kier molecular flexibility index (Phi) is 3.82. The molecule has 1 N–H and O–H groups in total. The molecule has 0 spiro atoms. The van der Waals surface area contributed by atoms with Crippen molar-refractivity contribution in [3.05, 3.63) is 58.0 Å². The molecule has 0 atom stereocenters. The summed E-state index contributed by atoms with van der Waals surface area (Å²) in [7, 11) is 1.64. The Hall–Kier alpha value is -2.76. The van der Waals surface area contributed by atoms with Crippen molar-refractivity contribution in [3.8, 4) is 11.5 Å². The quantitative estimate of drug-likeness (QED) is 0.917. The summed E-state index contributed by atoms with van der Waals surface area (Å²) < 4.78 is 12.0. The smallest absolute Gasteiger partial charge is 0.251 e. The van der Waals surface area contributed by atoms with Crippen LogP contribution in [0.15, 0.2) is 41.3 Å². The van der Waals surface area contributed by atoms with E-state index >= 15 is 0 Å². The van der Waals surface area contributed by atoms with Crippen molar-refractivity contribution in [1.82, 2.24) is 9.88 Å². The molecule has 0 fully saturated rings. The van der Waals surface area contributed by atoms with Crippen molar-refractivity contribution in [2.45, 2.75) is 6.42 Å². The third-order valence-corrected chi connectivity index (χ3v) is 3.50. The lowest BCUT2D eigenvalue weighted by Gasteiger charge is -2.06. The number of aryl methyl sites for hydroxylation is 1. The summed E-state index contributed by atoms with van der Waals surface area (Å²) in [6, 6.07) is 8.66. The highest BCUT2D eigenvalue weighted by atomic mass is 16.7. The number of hydrogen-bond acceptors (Lipinski definition) is 4. The van der Waals surface area contributed by atoms with Gasteiger partial charge in [0, 0.05) is 31.4 Å². The molecule has 0 bridgehead atoms. The fourth-order valence-electron chi connectivity index (χ4n) is 2.21. The normalized spacial score (nSPS) is 12.2. The van der Waals surface area contributed by atoms with Crippen LogP contribution in [0.25, 0.3) is 0 Å². The van der Waals surface area contributed by atoms with E-state index in [-0.39, 0.29) is 18.3 Å². The zero-order chi connectivity index (χ0) is 15.5. The summed E-state index contributed by atoms with van der Waals surface area (Å²) in [6.45, 7) is 0.728. The minimum absolute atomic E-state index is 0.205. The van der Waals surface area contributed by atoms with Crippen LogP contribution in [0.2, 0.25) is 0 Å². The van der Waals surface area contributed by atoms with Gasteiger partial charge in [0.15, 0.2) is 11.5 Å². The van der Waals surface area contributed by atoms with E-state index in [9.17, 15) is 9.59 Å². The van der Waals surface area contributed by atoms with Crippen LogP contribution in [-0.2, 0) is 13.5 Å². The van der Waals surface area contributed by atoms with Gasteiger partial charge in [0.1, 0.15) is 0 Å². The summed E-state index contributed by atoms with van der Waals surface area (Å²) in [4.78, 5) is 23.5. The first-order valence-electron chi connectivity index (χ1n) is 6.97. The number of aromatic nitrogens is 1. The van der Waals surface area contributed by atoms with Crippen molar-refractivity contribution in [2.24, 2.45) is 7.05 Å². The molecule has 6 heteroatoms. The minimum Gasteiger partial charge on any atom is -0.454 e. The maximum absolute atomic E-state index is 12.0. The molecule has 6 nitrogen and oxygen atoms in total. The molecule has 114 valence electrons. The zero-order valence-corrected chi connectivity index (χ0v) is 12.2. The summed E-state index contributed by atoms with van der Waals surface area (Å²) in [6.07, 6.45) is 2.25. The molecular weight excluding hydrogens is 284 g/mol. The van der Waals surface area contributed by atoms with Crippen LogP contribution >= 0.6 is 0 Å². The van der Waals surface area contributed by atoms with Crippen molar-refractivity contribution < 1.29 is 14.3 Å². The van der Waals surface area contributed by atoms with E-state index in [1.54, 1.807) is 19.3 Å². The average molecular weight is 300 g/mol. The van der Waals surface area contributed by atoms with Gasteiger partial charge >= 0.3 is 0 Å². The second-order valence-corrected chi connectivity index (χ2v) is 5.06. The second kappa shape index (κ2) is 5.93. The van der Waals surface area contributed by atoms with Gasteiger partial charge in [-0.25, -0.2) is 0 Å². The fraction of sp³-hybridized carbons (Fsp3) is 0.250. The molecule has 2 aromatic rings. The van der Waals surface area contributed by atoms with E-state index < -0.39 is 0 Å². The van der Waals surface area contributed by atoms with Crippen LogP contribution in [0.5, 0.6) is 11.5 Å². The first-order chi connectivity index (χ1) is 10.6. The van der Waals surface area contributed by atoms with Crippen LogP contribution in [0, 0.1) is 0 Å². The number of ether oxygens (including phenoxy) is 2. The van der Waals surface area contributed by atoms with E-state index in [1.165, 1.54) is 10.6 Å². The lowest BCUT2D eigenvalue weighted by molar-refractivity contribution is 0.0954. The number of pyridine rings is 1. The van der Waals surface area contributed by atoms with Gasteiger partial charge < -0.3 is 19.4 Å². The van der Waals surface area contributed by atoms with E-state index in [2.05, 4.69) is 5.32 Å². The molecule has 1 amide bonds. The molecule has 3 rings (SSSR count). The summed E-state index contributed by atoms with van der Waals surface area (Å²) >= 11 is 0. The SMILES string of the molecule is Cn1ccc(C(=O)NCCc2ccc3c(c2)OCO3)cc1=O. The van der Waals surface area contributed by atoms with Crippen LogP contribution < -0.4 is 20.3 Å². The highest BCUT2D eigenvalue weighted by Crippen LogP contribution is 2.32. The summed E-state index contributed by atoms with van der Waals surface area (Å²) in [5, 5.41) is 2.80. The summed E-state index contributed by atoms with van der Waals surface area (Å²) in [5.74, 6) is 1.22.